The Balaban J connectivity index is 2.15. The van der Waals surface area contributed by atoms with Crippen LogP contribution in [0.15, 0.2) is 30.9 Å². The van der Waals surface area contributed by atoms with Crippen molar-refractivity contribution in [3.05, 3.63) is 47.5 Å². The van der Waals surface area contributed by atoms with E-state index < -0.39 is 0 Å². The molecule has 0 aromatic heterocycles. The highest BCUT2D eigenvalue weighted by Gasteiger charge is 2.13. The van der Waals surface area contributed by atoms with Gasteiger partial charge in [0.25, 0.3) is 0 Å². The van der Waals surface area contributed by atoms with Gasteiger partial charge in [0.2, 0.25) is 0 Å². The van der Waals surface area contributed by atoms with Crippen molar-refractivity contribution in [3.63, 3.8) is 0 Å². The van der Waals surface area contributed by atoms with Gasteiger partial charge in [-0.3, -0.25) is 0 Å². The van der Waals surface area contributed by atoms with Crippen LogP contribution in [0.2, 0.25) is 0 Å². The molecule has 16 heavy (non-hydrogen) atoms. The van der Waals surface area contributed by atoms with E-state index in [1.165, 1.54) is 24.8 Å². The third-order valence-electron chi connectivity index (χ3n) is 3.33. The van der Waals surface area contributed by atoms with Gasteiger partial charge in [-0.15, -0.1) is 6.58 Å². The fourth-order valence-electron chi connectivity index (χ4n) is 2.42. The summed E-state index contributed by atoms with van der Waals surface area (Å²) in [5, 5.41) is 3.51. The van der Waals surface area contributed by atoms with E-state index in [2.05, 4.69) is 37.0 Å². The fourth-order valence-corrected chi connectivity index (χ4v) is 2.42. The molecule has 2 rings (SSSR count). The molecule has 0 amide bonds. The van der Waals surface area contributed by atoms with E-state index in [1.807, 2.05) is 6.08 Å². The average molecular weight is 215 g/mol. The molecule has 1 nitrogen and oxygen atoms in total. The molecule has 0 saturated carbocycles. The van der Waals surface area contributed by atoms with Crippen LogP contribution in [0.4, 0.5) is 0 Å². The lowest BCUT2D eigenvalue weighted by Crippen LogP contribution is -2.20. The van der Waals surface area contributed by atoms with Gasteiger partial charge in [0.05, 0.1) is 6.04 Å². The van der Waals surface area contributed by atoms with Crippen LogP contribution in [-0.2, 0) is 12.8 Å². The molecule has 1 aliphatic rings. The van der Waals surface area contributed by atoms with Crippen molar-refractivity contribution < 1.29 is 0 Å². The minimum Gasteiger partial charge on any atom is -0.307 e. The maximum atomic E-state index is 3.92. The van der Waals surface area contributed by atoms with Crippen molar-refractivity contribution in [2.24, 2.45) is 0 Å². The molecule has 1 heteroatoms. The lowest BCUT2D eigenvalue weighted by atomic mass is 10.0. The molecule has 0 bridgehead atoms. The Bertz CT molecular complexity index is 368. The minimum absolute atomic E-state index is 0.311. The van der Waals surface area contributed by atoms with E-state index in [1.54, 1.807) is 11.1 Å². The quantitative estimate of drug-likeness (QED) is 0.742. The molecule has 1 aromatic rings. The lowest BCUT2D eigenvalue weighted by molar-refractivity contribution is 0.613. The van der Waals surface area contributed by atoms with Crippen molar-refractivity contribution in [2.45, 2.75) is 38.6 Å². The maximum Gasteiger partial charge on any atom is 0.0503 e. The first kappa shape index (κ1) is 11.4. The van der Waals surface area contributed by atoms with Gasteiger partial charge in [0.15, 0.2) is 0 Å². The van der Waals surface area contributed by atoms with E-state index in [-0.39, 0.29) is 0 Å². The molecule has 0 radical (unpaired) electrons. The summed E-state index contributed by atoms with van der Waals surface area (Å²) in [5.74, 6) is 0. The average Bonchev–Trinajstić information content (AvgIpc) is 2.77. The van der Waals surface area contributed by atoms with Gasteiger partial charge < -0.3 is 5.32 Å². The van der Waals surface area contributed by atoms with Crippen LogP contribution in [0.25, 0.3) is 0 Å². The topological polar surface area (TPSA) is 12.0 Å². The first-order chi connectivity index (χ1) is 7.85. The molecule has 0 spiro atoms. The Morgan fingerprint density at radius 1 is 1.38 bits per heavy atom. The fraction of sp³-hybridized carbons (Fsp3) is 0.467. The van der Waals surface area contributed by atoms with E-state index in [0.29, 0.717) is 6.04 Å². The summed E-state index contributed by atoms with van der Waals surface area (Å²) in [6.07, 6.45) is 7.00. The zero-order valence-corrected chi connectivity index (χ0v) is 10.1. The van der Waals surface area contributed by atoms with Crippen molar-refractivity contribution >= 4 is 0 Å². The van der Waals surface area contributed by atoms with Gasteiger partial charge in [-0.25, -0.2) is 0 Å². The number of benzene rings is 1. The molecule has 1 unspecified atom stereocenters. The molecule has 0 saturated heterocycles. The van der Waals surface area contributed by atoms with E-state index in [4.69, 9.17) is 0 Å². The van der Waals surface area contributed by atoms with Gasteiger partial charge >= 0.3 is 0 Å². The predicted octanol–water partition coefficient (Wildman–Crippen LogP) is 3.40. The van der Waals surface area contributed by atoms with Crippen molar-refractivity contribution in [2.75, 3.05) is 6.54 Å². The van der Waals surface area contributed by atoms with Crippen LogP contribution in [0.1, 0.15) is 42.5 Å². The van der Waals surface area contributed by atoms with Gasteiger partial charge in [-0.1, -0.05) is 31.2 Å². The van der Waals surface area contributed by atoms with Crippen molar-refractivity contribution in [1.29, 1.82) is 0 Å². The standard InChI is InChI=1S/C15H21N/c1-3-10-16-15(4-2)14-9-8-12-6-5-7-13(12)11-14/h4,8-9,11,15-16H,2-3,5-7,10H2,1H3. The Labute approximate surface area is 98.6 Å². The largest absolute Gasteiger partial charge is 0.307 e. The molecular formula is C15H21N. The Kier molecular flexibility index (Phi) is 3.79. The molecule has 0 heterocycles. The first-order valence-electron chi connectivity index (χ1n) is 6.32. The zero-order valence-electron chi connectivity index (χ0n) is 10.1. The number of nitrogens with one attached hydrogen (secondary N) is 1. The molecule has 1 aliphatic carbocycles. The molecule has 0 fully saturated rings. The van der Waals surface area contributed by atoms with E-state index in [0.717, 1.165) is 13.0 Å². The third kappa shape index (κ3) is 2.35. The highest BCUT2D eigenvalue weighted by molar-refractivity contribution is 5.37. The Morgan fingerprint density at radius 3 is 2.94 bits per heavy atom. The number of hydrogen-bond acceptors (Lipinski definition) is 1. The monoisotopic (exact) mass is 215 g/mol. The van der Waals surface area contributed by atoms with Crippen LogP contribution in [0.5, 0.6) is 0 Å². The van der Waals surface area contributed by atoms with Gasteiger partial charge in [-0.05, 0) is 48.9 Å². The summed E-state index contributed by atoms with van der Waals surface area (Å²) in [7, 11) is 0. The predicted molar refractivity (Wildman–Crippen MR) is 69.7 cm³/mol. The summed E-state index contributed by atoms with van der Waals surface area (Å²) in [6.45, 7) is 7.16. The maximum absolute atomic E-state index is 3.92. The smallest absolute Gasteiger partial charge is 0.0503 e. The molecular weight excluding hydrogens is 194 g/mol. The second-order valence-electron chi connectivity index (χ2n) is 4.55. The van der Waals surface area contributed by atoms with Crippen LogP contribution < -0.4 is 5.32 Å². The first-order valence-corrected chi connectivity index (χ1v) is 6.32. The number of fused-ring (bicyclic) bond motifs is 1. The van der Waals surface area contributed by atoms with E-state index in [9.17, 15) is 0 Å². The number of rotatable bonds is 5. The highest BCUT2D eigenvalue weighted by Crippen LogP contribution is 2.25. The summed E-state index contributed by atoms with van der Waals surface area (Å²) in [5.41, 5.74) is 4.45. The third-order valence-corrected chi connectivity index (χ3v) is 3.33. The van der Waals surface area contributed by atoms with Crippen LogP contribution in [0.3, 0.4) is 0 Å². The summed E-state index contributed by atoms with van der Waals surface area (Å²) in [4.78, 5) is 0. The van der Waals surface area contributed by atoms with Crippen LogP contribution in [0, 0.1) is 0 Å². The van der Waals surface area contributed by atoms with Crippen molar-refractivity contribution in [1.82, 2.24) is 5.32 Å². The lowest BCUT2D eigenvalue weighted by Gasteiger charge is -2.15. The van der Waals surface area contributed by atoms with Gasteiger partial charge in [-0.2, -0.15) is 0 Å². The molecule has 1 aromatic carbocycles. The molecule has 86 valence electrons. The Hall–Kier alpha value is -1.08. The Morgan fingerprint density at radius 2 is 2.19 bits per heavy atom. The SMILES string of the molecule is C=CC(NCCC)c1ccc2c(c1)CCC2. The normalized spacial score (nSPS) is 15.8. The second kappa shape index (κ2) is 5.31. The molecule has 1 N–H and O–H groups in total. The minimum atomic E-state index is 0.311. The zero-order chi connectivity index (χ0) is 11.4. The highest BCUT2D eigenvalue weighted by atomic mass is 14.9. The van der Waals surface area contributed by atoms with Gasteiger partial charge in [0, 0.05) is 0 Å². The number of aryl methyl sites for hydroxylation is 2. The second-order valence-corrected chi connectivity index (χ2v) is 4.55. The van der Waals surface area contributed by atoms with Gasteiger partial charge in [0.1, 0.15) is 0 Å². The molecule has 0 aliphatic heterocycles. The van der Waals surface area contributed by atoms with Crippen LogP contribution in [-0.4, -0.2) is 6.54 Å². The summed E-state index contributed by atoms with van der Waals surface area (Å²) in [6, 6.07) is 7.21. The number of hydrogen-bond donors (Lipinski definition) is 1. The molecule has 1 atom stereocenters. The van der Waals surface area contributed by atoms with Crippen LogP contribution >= 0.6 is 0 Å². The van der Waals surface area contributed by atoms with E-state index >= 15 is 0 Å². The summed E-state index contributed by atoms with van der Waals surface area (Å²) < 4.78 is 0. The summed E-state index contributed by atoms with van der Waals surface area (Å²) >= 11 is 0. The van der Waals surface area contributed by atoms with Crippen molar-refractivity contribution in [3.8, 4) is 0 Å².